The van der Waals surface area contributed by atoms with Crippen LogP contribution in [-0.4, -0.2) is 52.6 Å². The van der Waals surface area contributed by atoms with Crippen molar-refractivity contribution in [1.82, 2.24) is 10.2 Å². The van der Waals surface area contributed by atoms with Gasteiger partial charge in [-0.2, -0.15) is 12.6 Å². The monoisotopic (exact) mass is 494 g/mol. The fourth-order valence-corrected chi connectivity index (χ4v) is 5.91. The number of carbonyl (C=O) groups is 2. The van der Waals surface area contributed by atoms with Crippen LogP contribution in [0.2, 0.25) is 0 Å². The molecule has 1 amide bonds. The zero-order valence-electron chi connectivity index (χ0n) is 19.1. The molecule has 0 fully saturated rings. The van der Waals surface area contributed by atoms with Crippen molar-refractivity contribution in [3.05, 3.63) is 108 Å². The van der Waals surface area contributed by atoms with Gasteiger partial charge in [-0.1, -0.05) is 91.0 Å². The third kappa shape index (κ3) is 6.23. The number of hydrogen-bond donors (Lipinski definition) is 3. The molecule has 1 unspecified atom stereocenters. The largest absolute Gasteiger partial charge is 0.480 e. The van der Waals surface area contributed by atoms with E-state index in [0.29, 0.717) is 18.1 Å². The third-order valence-corrected chi connectivity index (χ3v) is 7.43. The quantitative estimate of drug-likeness (QED) is 0.197. The van der Waals surface area contributed by atoms with Crippen LogP contribution in [0.25, 0.3) is 0 Å². The molecule has 0 aromatic heterocycles. The summed E-state index contributed by atoms with van der Waals surface area (Å²) in [4.78, 5) is 25.4. The number of benzene rings is 3. The highest BCUT2D eigenvalue weighted by Gasteiger charge is 2.38. The summed E-state index contributed by atoms with van der Waals surface area (Å²) >= 11 is 6.00. The Labute approximate surface area is 211 Å². The Morgan fingerprint density at radius 2 is 1.35 bits per heavy atom. The molecule has 0 aliphatic carbocycles. The lowest BCUT2D eigenvalue weighted by molar-refractivity contribution is -0.138. The molecule has 2 N–H and O–H groups in total. The molecular formula is C27H30N2O3S2. The van der Waals surface area contributed by atoms with Crippen molar-refractivity contribution in [3.8, 4) is 0 Å². The zero-order chi connectivity index (χ0) is 24.4. The van der Waals surface area contributed by atoms with Gasteiger partial charge in [-0.3, -0.25) is 14.9 Å². The number of thioether (sulfide) groups is 1. The second kappa shape index (κ2) is 12.6. The van der Waals surface area contributed by atoms with Gasteiger partial charge in [0.05, 0.1) is 17.5 Å². The Kier molecular flexibility index (Phi) is 9.62. The van der Waals surface area contributed by atoms with Crippen LogP contribution in [0.15, 0.2) is 91.0 Å². The molecule has 7 heteroatoms. The summed E-state index contributed by atoms with van der Waals surface area (Å²) in [5.41, 5.74) is 3.33. The highest BCUT2D eigenvalue weighted by molar-refractivity contribution is 8.00. The predicted molar refractivity (Wildman–Crippen MR) is 142 cm³/mol. The average molecular weight is 495 g/mol. The smallest absolute Gasteiger partial charge is 0.317 e. The molecule has 34 heavy (non-hydrogen) atoms. The van der Waals surface area contributed by atoms with Gasteiger partial charge in [-0.15, -0.1) is 11.8 Å². The Morgan fingerprint density at radius 1 is 0.912 bits per heavy atom. The van der Waals surface area contributed by atoms with E-state index in [1.54, 1.807) is 16.7 Å². The van der Waals surface area contributed by atoms with E-state index in [1.165, 1.54) is 6.92 Å². The summed E-state index contributed by atoms with van der Waals surface area (Å²) in [5.74, 6) is -0.136. The highest BCUT2D eigenvalue weighted by atomic mass is 32.2. The van der Waals surface area contributed by atoms with Crippen molar-refractivity contribution in [2.75, 3.05) is 24.6 Å². The van der Waals surface area contributed by atoms with E-state index >= 15 is 0 Å². The minimum Gasteiger partial charge on any atom is -0.480 e. The maximum absolute atomic E-state index is 12.4. The fraction of sp³-hybridized carbons (Fsp3) is 0.259. The zero-order valence-corrected chi connectivity index (χ0v) is 20.8. The van der Waals surface area contributed by atoms with Crippen molar-refractivity contribution in [2.24, 2.45) is 0 Å². The summed E-state index contributed by atoms with van der Waals surface area (Å²) in [5, 5.41) is 12.4. The normalized spacial score (nSPS) is 12.2. The molecule has 1 atom stereocenters. The molecule has 0 aliphatic heterocycles. The van der Waals surface area contributed by atoms with Gasteiger partial charge in [0.2, 0.25) is 5.91 Å². The number of nitrogens with zero attached hydrogens (tertiary/aromatic N) is 1. The summed E-state index contributed by atoms with van der Waals surface area (Å²) in [7, 11) is 0. The van der Waals surface area contributed by atoms with Crippen molar-refractivity contribution < 1.29 is 14.7 Å². The summed E-state index contributed by atoms with van der Waals surface area (Å²) in [6.45, 7) is 1.68. The van der Waals surface area contributed by atoms with E-state index in [2.05, 4.69) is 54.3 Å². The van der Waals surface area contributed by atoms with E-state index in [4.69, 9.17) is 0 Å². The summed E-state index contributed by atoms with van der Waals surface area (Å²) in [6, 6.07) is 30.8. The first-order chi connectivity index (χ1) is 16.5. The molecule has 0 radical (unpaired) electrons. The Hall–Kier alpha value is -2.74. The lowest BCUT2D eigenvalue weighted by atomic mass is 9.84. The van der Waals surface area contributed by atoms with E-state index in [1.807, 2.05) is 54.6 Å². The van der Waals surface area contributed by atoms with Crippen LogP contribution in [0.4, 0.5) is 0 Å². The lowest BCUT2D eigenvalue weighted by Crippen LogP contribution is -2.52. The Bertz CT molecular complexity index is 953. The number of aliphatic carboxylic acids is 1. The van der Waals surface area contributed by atoms with Gasteiger partial charge < -0.3 is 10.0 Å². The number of thiol groups is 1. The van der Waals surface area contributed by atoms with Gasteiger partial charge in [0.1, 0.15) is 0 Å². The summed E-state index contributed by atoms with van der Waals surface area (Å²) < 4.78 is -0.559. The molecule has 0 saturated carbocycles. The maximum Gasteiger partial charge on any atom is 0.317 e. The summed E-state index contributed by atoms with van der Waals surface area (Å²) in [6.07, 6.45) is -0.471. The van der Waals surface area contributed by atoms with Gasteiger partial charge in [0.15, 0.2) is 0 Å². The minimum atomic E-state index is -0.968. The SMILES string of the molecule is CC(=O)N(CCS)C(CSC(c1ccccc1)(c1ccccc1)c1ccccc1)NCC(=O)O. The van der Waals surface area contributed by atoms with Crippen LogP contribution in [0.3, 0.4) is 0 Å². The molecule has 0 spiro atoms. The Balaban J connectivity index is 2.10. The van der Waals surface area contributed by atoms with Crippen LogP contribution in [0.1, 0.15) is 23.6 Å². The molecule has 178 valence electrons. The van der Waals surface area contributed by atoms with Crippen LogP contribution >= 0.6 is 24.4 Å². The van der Waals surface area contributed by atoms with E-state index < -0.39 is 16.9 Å². The van der Waals surface area contributed by atoms with Gasteiger partial charge in [-0.25, -0.2) is 0 Å². The second-order valence-corrected chi connectivity index (χ2v) is 9.50. The van der Waals surface area contributed by atoms with E-state index in [-0.39, 0.29) is 12.5 Å². The molecule has 0 saturated heterocycles. The first kappa shape index (κ1) is 25.9. The van der Waals surface area contributed by atoms with Gasteiger partial charge in [0, 0.05) is 25.0 Å². The van der Waals surface area contributed by atoms with E-state index in [9.17, 15) is 14.7 Å². The van der Waals surface area contributed by atoms with Crippen LogP contribution < -0.4 is 5.32 Å². The van der Waals surface area contributed by atoms with E-state index in [0.717, 1.165) is 16.7 Å². The molecule has 0 heterocycles. The minimum absolute atomic E-state index is 0.123. The number of nitrogens with one attached hydrogen (secondary N) is 1. The van der Waals surface area contributed by atoms with Crippen molar-refractivity contribution in [3.63, 3.8) is 0 Å². The lowest BCUT2D eigenvalue weighted by Gasteiger charge is -2.38. The van der Waals surface area contributed by atoms with Crippen LogP contribution in [0.5, 0.6) is 0 Å². The molecule has 3 aromatic rings. The molecule has 0 bridgehead atoms. The van der Waals surface area contributed by atoms with Gasteiger partial charge in [-0.05, 0) is 16.7 Å². The third-order valence-electron chi connectivity index (χ3n) is 5.61. The number of carboxylic acids is 1. The first-order valence-corrected chi connectivity index (χ1v) is 12.7. The highest BCUT2D eigenvalue weighted by Crippen LogP contribution is 2.48. The number of rotatable bonds is 12. The van der Waals surface area contributed by atoms with Crippen molar-refractivity contribution in [2.45, 2.75) is 17.8 Å². The fourth-order valence-electron chi connectivity index (χ4n) is 4.08. The number of amides is 1. The number of carbonyl (C=O) groups excluding carboxylic acids is 1. The molecule has 0 aliphatic rings. The molecular weight excluding hydrogens is 464 g/mol. The molecule has 5 nitrogen and oxygen atoms in total. The van der Waals surface area contributed by atoms with Gasteiger partial charge >= 0.3 is 5.97 Å². The standard InChI is InChI=1S/C27H30N2O3S2/c1-21(30)29(17-18-33)25(28-19-26(31)32)20-34-27(22-11-5-2-6-12-22,23-13-7-3-8-14-23)24-15-9-4-10-16-24/h2-16,25,28,33H,17-20H2,1H3,(H,31,32). The van der Waals surface area contributed by atoms with Crippen molar-refractivity contribution in [1.29, 1.82) is 0 Å². The maximum atomic E-state index is 12.4. The average Bonchev–Trinajstić information content (AvgIpc) is 2.86. The first-order valence-electron chi connectivity index (χ1n) is 11.1. The van der Waals surface area contributed by atoms with Crippen LogP contribution in [-0.2, 0) is 14.3 Å². The van der Waals surface area contributed by atoms with Crippen LogP contribution in [0, 0.1) is 0 Å². The van der Waals surface area contributed by atoms with Gasteiger partial charge in [0.25, 0.3) is 0 Å². The predicted octanol–water partition coefficient (Wildman–Crippen LogP) is 4.49. The van der Waals surface area contributed by atoms with Crippen molar-refractivity contribution >= 4 is 36.3 Å². The topological polar surface area (TPSA) is 69.6 Å². The Morgan fingerprint density at radius 3 is 1.71 bits per heavy atom. The second-order valence-electron chi connectivity index (χ2n) is 7.82. The number of carboxylic acid groups (broad SMARTS) is 1. The molecule has 3 aromatic carbocycles. The molecule has 3 rings (SSSR count). The number of hydrogen-bond acceptors (Lipinski definition) is 5.